The van der Waals surface area contributed by atoms with Crippen LogP contribution in [0.3, 0.4) is 0 Å². The summed E-state index contributed by atoms with van der Waals surface area (Å²) in [5, 5.41) is 26.1. The molecule has 2 aromatic heterocycles. The second-order valence-corrected chi connectivity index (χ2v) is 11.9. The molecule has 0 saturated heterocycles. The molecule has 0 radical (unpaired) electrons. The van der Waals surface area contributed by atoms with E-state index < -0.39 is 5.82 Å². The van der Waals surface area contributed by atoms with Crippen LogP contribution >= 0.6 is 34.8 Å². The van der Waals surface area contributed by atoms with E-state index in [0.717, 1.165) is 41.9 Å². The molecule has 0 aliphatic carbocycles. The fraction of sp³-hybridized carbons (Fsp3) is 0.250. The van der Waals surface area contributed by atoms with E-state index in [1.54, 1.807) is 6.07 Å². The molecule has 44 heavy (non-hydrogen) atoms. The van der Waals surface area contributed by atoms with Gasteiger partial charge in [0.05, 0.1) is 83.0 Å². The number of pyridine rings is 1. The summed E-state index contributed by atoms with van der Waals surface area (Å²) < 4.78 is 17.8. The molecule has 1 atom stereocenters. The first-order valence-corrected chi connectivity index (χ1v) is 15.3. The number of hydrogen-bond acceptors (Lipinski definition) is 6. The molecule has 226 valence electrons. The Balaban J connectivity index is 1.54. The topological polar surface area (TPSA) is 91.5 Å². The lowest BCUT2D eigenvalue weighted by molar-refractivity contribution is -0.906. The van der Waals surface area contributed by atoms with E-state index in [1.807, 2.05) is 47.3 Å². The molecule has 2 N–H and O–H groups in total. The highest BCUT2D eigenvalue weighted by molar-refractivity contribution is 6.42. The fourth-order valence-electron chi connectivity index (χ4n) is 4.90. The van der Waals surface area contributed by atoms with E-state index in [9.17, 15) is 5.26 Å². The molecule has 5 rings (SSSR count). The highest BCUT2D eigenvalue weighted by Crippen LogP contribution is 2.38. The van der Waals surface area contributed by atoms with Gasteiger partial charge >= 0.3 is 0 Å². The van der Waals surface area contributed by atoms with E-state index in [0.29, 0.717) is 27.3 Å². The summed E-state index contributed by atoms with van der Waals surface area (Å²) >= 11 is 18.8. The molecular weight excluding hydrogens is 622 g/mol. The van der Waals surface area contributed by atoms with Gasteiger partial charge in [0.1, 0.15) is 11.8 Å². The summed E-state index contributed by atoms with van der Waals surface area (Å²) in [7, 11) is 2.24. The van der Waals surface area contributed by atoms with Crippen LogP contribution in [0.15, 0.2) is 67.0 Å². The molecule has 0 spiro atoms. The maximum atomic E-state index is 15.0. The largest absolute Gasteiger partial charge is 0.373 e. The number of aromatic nitrogens is 4. The zero-order valence-electron chi connectivity index (χ0n) is 24.5. The number of anilines is 3. The molecule has 0 fully saturated rings. The van der Waals surface area contributed by atoms with Gasteiger partial charge in [-0.3, -0.25) is 4.98 Å². The van der Waals surface area contributed by atoms with Crippen LogP contribution in [0.1, 0.15) is 36.7 Å². The highest BCUT2D eigenvalue weighted by atomic mass is 35.5. The number of likely N-dealkylation sites (N-methyl/N-ethyl adjacent to an activating group) is 1. The molecule has 0 bridgehead atoms. The van der Waals surface area contributed by atoms with Gasteiger partial charge in [-0.2, -0.15) is 5.26 Å². The number of fused-ring (bicyclic) bond motifs is 1. The van der Waals surface area contributed by atoms with Gasteiger partial charge < -0.3 is 15.1 Å². The maximum absolute atomic E-state index is 15.0. The van der Waals surface area contributed by atoms with Gasteiger partial charge in [-0.1, -0.05) is 70.3 Å². The Labute approximate surface area is 270 Å². The van der Waals surface area contributed by atoms with Gasteiger partial charge in [0.25, 0.3) is 0 Å². The Hall–Kier alpha value is -3.94. The van der Waals surface area contributed by atoms with Crippen molar-refractivity contribution in [2.75, 3.05) is 37.3 Å². The number of nitrogens with one attached hydrogen (secondary N) is 2. The van der Waals surface area contributed by atoms with Crippen molar-refractivity contribution in [1.29, 1.82) is 5.26 Å². The van der Waals surface area contributed by atoms with Crippen LogP contribution in [0.2, 0.25) is 15.1 Å². The summed E-state index contributed by atoms with van der Waals surface area (Å²) in [6.07, 6.45) is 3.35. The molecular formula is C32H31Cl3FN8+. The third kappa shape index (κ3) is 6.59. The number of nitriles is 1. The van der Waals surface area contributed by atoms with Gasteiger partial charge in [0.2, 0.25) is 0 Å². The average molecular weight is 653 g/mol. The molecule has 2 heterocycles. The lowest BCUT2D eigenvalue weighted by atomic mass is 10.0. The Bertz CT molecular complexity index is 1830. The van der Waals surface area contributed by atoms with E-state index in [2.05, 4.69) is 52.9 Å². The Morgan fingerprint density at radius 3 is 2.50 bits per heavy atom. The first kappa shape index (κ1) is 31.5. The number of nitrogens with zero attached hydrogens (tertiary/aromatic N) is 6. The zero-order chi connectivity index (χ0) is 31.4. The summed E-state index contributed by atoms with van der Waals surface area (Å²) in [4.78, 5) is 4.41. The summed E-state index contributed by atoms with van der Waals surface area (Å²) in [5.74, 6) is -0.738. The molecule has 1 unspecified atom stereocenters. The van der Waals surface area contributed by atoms with Gasteiger partial charge in [0.15, 0.2) is 5.82 Å². The van der Waals surface area contributed by atoms with Crippen molar-refractivity contribution in [2.45, 2.75) is 26.4 Å². The van der Waals surface area contributed by atoms with Crippen molar-refractivity contribution in [3.63, 3.8) is 0 Å². The minimum absolute atomic E-state index is 0.0533. The standard InChI is InChI=1S/C32H31Cl3FN8/c1-4-44(3,5-2)14-13-43-19-27(41-42-43)31(20-9-7-6-8-10-20)39-22-15-23-30(21(17-37)18-38-32(23)25(34)16-22)40-26-12-11-24(33)28(35)29(26)36/h6-12,15-16,18-19,31,39H,4-5,13-14H2,1-3H3,(H,38,40)/q+1. The van der Waals surface area contributed by atoms with Gasteiger partial charge in [-0.05, 0) is 43.7 Å². The highest BCUT2D eigenvalue weighted by Gasteiger charge is 2.22. The van der Waals surface area contributed by atoms with Crippen molar-refractivity contribution < 1.29 is 8.87 Å². The Morgan fingerprint density at radius 1 is 1.05 bits per heavy atom. The fourth-order valence-corrected chi connectivity index (χ4v) is 5.48. The van der Waals surface area contributed by atoms with Crippen LogP contribution in [0, 0.1) is 17.1 Å². The maximum Gasteiger partial charge on any atom is 0.166 e. The van der Waals surface area contributed by atoms with Crippen LogP contribution in [0.5, 0.6) is 0 Å². The van der Waals surface area contributed by atoms with Crippen molar-refractivity contribution in [3.05, 3.63) is 105 Å². The second kappa shape index (κ2) is 13.4. The second-order valence-electron chi connectivity index (χ2n) is 10.7. The quantitative estimate of drug-likeness (QED) is 0.110. The third-order valence-corrected chi connectivity index (χ3v) is 9.10. The predicted octanol–water partition coefficient (Wildman–Crippen LogP) is 8.23. The summed E-state index contributed by atoms with van der Waals surface area (Å²) in [5.41, 5.74) is 3.36. The van der Waals surface area contributed by atoms with Crippen LogP contribution in [0.25, 0.3) is 10.9 Å². The Kier molecular flexibility index (Phi) is 9.56. The first-order chi connectivity index (χ1) is 21.2. The van der Waals surface area contributed by atoms with E-state index >= 15 is 4.39 Å². The minimum atomic E-state index is -0.738. The van der Waals surface area contributed by atoms with Crippen molar-refractivity contribution >= 4 is 62.8 Å². The lowest BCUT2D eigenvalue weighted by Crippen LogP contribution is -2.45. The molecule has 5 aromatic rings. The van der Waals surface area contributed by atoms with E-state index in [4.69, 9.17) is 34.8 Å². The normalized spacial score (nSPS) is 12.2. The van der Waals surface area contributed by atoms with E-state index in [1.165, 1.54) is 18.3 Å². The lowest BCUT2D eigenvalue weighted by Gasteiger charge is -2.31. The van der Waals surface area contributed by atoms with Crippen molar-refractivity contribution in [2.24, 2.45) is 0 Å². The molecule has 3 aromatic carbocycles. The Morgan fingerprint density at radius 2 is 1.80 bits per heavy atom. The molecule has 8 nitrogen and oxygen atoms in total. The molecule has 0 saturated carbocycles. The van der Waals surface area contributed by atoms with Crippen molar-refractivity contribution in [1.82, 2.24) is 20.0 Å². The summed E-state index contributed by atoms with van der Waals surface area (Å²) in [6, 6.07) is 18.2. The number of quaternary nitrogens is 1. The van der Waals surface area contributed by atoms with E-state index in [-0.39, 0.29) is 27.3 Å². The van der Waals surface area contributed by atoms with Gasteiger partial charge in [-0.15, -0.1) is 5.10 Å². The third-order valence-electron chi connectivity index (χ3n) is 8.03. The van der Waals surface area contributed by atoms with Crippen molar-refractivity contribution in [3.8, 4) is 6.07 Å². The average Bonchev–Trinajstić information content (AvgIpc) is 3.52. The first-order valence-electron chi connectivity index (χ1n) is 14.1. The molecule has 0 aliphatic rings. The number of halogens is 4. The minimum Gasteiger partial charge on any atom is -0.373 e. The van der Waals surface area contributed by atoms with Gasteiger partial charge in [0, 0.05) is 17.3 Å². The van der Waals surface area contributed by atoms with Crippen LogP contribution in [-0.2, 0) is 6.54 Å². The van der Waals surface area contributed by atoms with Crippen LogP contribution < -0.4 is 10.6 Å². The zero-order valence-corrected chi connectivity index (χ0v) is 26.7. The number of hydrogen-bond donors (Lipinski definition) is 2. The number of rotatable bonds is 11. The van der Waals surface area contributed by atoms with Gasteiger partial charge in [-0.25, -0.2) is 9.07 Å². The monoisotopic (exact) mass is 651 g/mol. The molecule has 12 heteroatoms. The number of benzene rings is 3. The SMILES string of the molecule is CC[N+](C)(CC)CCn1cc(C(Nc2cc(Cl)c3ncc(C#N)c(Nc4ccc(Cl)c(Cl)c4F)c3c2)c2ccccc2)nn1. The van der Waals surface area contributed by atoms with Crippen LogP contribution in [-0.4, -0.2) is 51.1 Å². The van der Waals surface area contributed by atoms with Crippen LogP contribution in [0.4, 0.5) is 21.5 Å². The summed E-state index contributed by atoms with van der Waals surface area (Å²) in [6.45, 7) is 8.12. The molecule has 0 aliphatic heterocycles. The predicted molar refractivity (Wildman–Crippen MR) is 175 cm³/mol. The smallest absolute Gasteiger partial charge is 0.166 e. The molecule has 0 amide bonds.